The first-order valence-electron chi connectivity index (χ1n) is 5.43. The Morgan fingerprint density at radius 3 is 2.72 bits per heavy atom. The molecule has 0 amide bonds. The summed E-state index contributed by atoms with van der Waals surface area (Å²) in [5.74, 6) is 0. The zero-order valence-electron chi connectivity index (χ0n) is 9.35. The number of nitro benzene ring substituents is 1. The maximum atomic E-state index is 10.7. The Kier molecular flexibility index (Phi) is 2.30. The monoisotopic (exact) mass is 239 g/mol. The minimum Gasteiger partial charge on any atom is -0.258 e. The van der Waals surface area contributed by atoms with Gasteiger partial charge in [0.1, 0.15) is 0 Å². The predicted octanol–water partition coefficient (Wildman–Crippen LogP) is 2.93. The molecule has 0 bridgehead atoms. The first-order valence-corrected chi connectivity index (χ1v) is 5.43. The Bertz CT molecular complexity index is 701. The van der Waals surface area contributed by atoms with Crippen LogP contribution < -0.4 is 0 Å². The van der Waals surface area contributed by atoms with Gasteiger partial charge in [-0.2, -0.15) is 5.10 Å². The molecule has 0 radical (unpaired) electrons. The minimum atomic E-state index is -0.410. The third kappa shape index (κ3) is 1.71. The lowest BCUT2D eigenvalue weighted by molar-refractivity contribution is -0.384. The van der Waals surface area contributed by atoms with Crippen molar-refractivity contribution in [3.8, 4) is 5.69 Å². The number of hydrogen-bond acceptors (Lipinski definition) is 3. The van der Waals surface area contributed by atoms with Crippen molar-refractivity contribution in [2.24, 2.45) is 0 Å². The van der Waals surface area contributed by atoms with Gasteiger partial charge in [-0.25, -0.2) is 4.68 Å². The van der Waals surface area contributed by atoms with E-state index in [0.717, 1.165) is 10.9 Å². The third-order valence-corrected chi connectivity index (χ3v) is 2.72. The van der Waals surface area contributed by atoms with Gasteiger partial charge in [-0.05, 0) is 12.1 Å². The van der Waals surface area contributed by atoms with E-state index in [9.17, 15) is 10.1 Å². The molecule has 0 saturated heterocycles. The van der Waals surface area contributed by atoms with Crippen LogP contribution in [-0.2, 0) is 0 Å². The van der Waals surface area contributed by atoms with E-state index in [1.165, 1.54) is 12.1 Å². The van der Waals surface area contributed by atoms with Crippen molar-refractivity contribution in [2.45, 2.75) is 0 Å². The van der Waals surface area contributed by atoms with Crippen LogP contribution in [0.4, 0.5) is 5.69 Å². The van der Waals surface area contributed by atoms with Gasteiger partial charge in [0.05, 0.1) is 16.1 Å². The fraction of sp³-hybridized carbons (Fsp3) is 0. The van der Waals surface area contributed by atoms with Crippen LogP contribution in [0, 0.1) is 10.1 Å². The second-order valence-corrected chi connectivity index (χ2v) is 3.91. The van der Waals surface area contributed by atoms with E-state index in [1.54, 1.807) is 16.8 Å². The lowest BCUT2D eigenvalue weighted by atomic mass is 10.2. The molecule has 1 heterocycles. The number of benzene rings is 2. The molecule has 3 rings (SSSR count). The quantitative estimate of drug-likeness (QED) is 0.510. The highest BCUT2D eigenvalue weighted by atomic mass is 16.6. The van der Waals surface area contributed by atoms with E-state index in [0.29, 0.717) is 5.69 Å². The number of non-ortho nitro benzene ring substituents is 1. The first kappa shape index (κ1) is 10.5. The van der Waals surface area contributed by atoms with Gasteiger partial charge < -0.3 is 0 Å². The Morgan fingerprint density at radius 1 is 1.11 bits per heavy atom. The average Bonchev–Trinajstić information content (AvgIpc) is 2.82. The summed E-state index contributed by atoms with van der Waals surface area (Å²) in [5, 5.41) is 16.1. The highest BCUT2D eigenvalue weighted by Gasteiger charge is 2.08. The SMILES string of the molecule is O=[N+]([O-])c1cccc(-n2cc3ccccc3n2)c1. The van der Waals surface area contributed by atoms with E-state index < -0.39 is 4.92 Å². The molecule has 5 heteroatoms. The zero-order chi connectivity index (χ0) is 12.5. The molecule has 0 aliphatic heterocycles. The van der Waals surface area contributed by atoms with Crippen molar-refractivity contribution in [3.05, 3.63) is 64.8 Å². The lowest BCUT2D eigenvalue weighted by Gasteiger charge is -1.99. The zero-order valence-corrected chi connectivity index (χ0v) is 9.35. The van der Waals surface area contributed by atoms with Crippen LogP contribution >= 0.6 is 0 Å². The highest BCUT2D eigenvalue weighted by molar-refractivity contribution is 5.78. The topological polar surface area (TPSA) is 61.0 Å². The number of nitro groups is 1. The van der Waals surface area contributed by atoms with E-state index in [-0.39, 0.29) is 5.69 Å². The van der Waals surface area contributed by atoms with Crippen LogP contribution in [0.3, 0.4) is 0 Å². The van der Waals surface area contributed by atoms with Crippen molar-refractivity contribution < 1.29 is 4.92 Å². The van der Waals surface area contributed by atoms with Crippen LogP contribution in [-0.4, -0.2) is 14.7 Å². The largest absolute Gasteiger partial charge is 0.271 e. The van der Waals surface area contributed by atoms with E-state index in [1.807, 2.05) is 30.5 Å². The van der Waals surface area contributed by atoms with Gasteiger partial charge in [0.25, 0.3) is 5.69 Å². The summed E-state index contributed by atoms with van der Waals surface area (Å²) in [7, 11) is 0. The van der Waals surface area contributed by atoms with Crippen molar-refractivity contribution in [2.75, 3.05) is 0 Å². The second kappa shape index (κ2) is 3.96. The van der Waals surface area contributed by atoms with Crippen LogP contribution in [0.2, 0.25) is 0 Å². The van der Waals surface area contributed by atoms with Gasteiger partial charge in [0.2, 0.25) is 0 Å². The van der Waals surface area contributed by atoms with E-state index >= 15 is 0 Å². The molecule has 0 aliphatic rings. The molecular weight excluding hydrogens is 230 g/mol. The fourth-order valence-electron chi connectivity index (χ4n) is 1.85. The summed E-state index contributed by atoms with van der Waals surface area (Å²) in [5.41, 5.74) is 1.61. The Morgan fingerprint density at radius 2 is 1.94 bits per heavy atom. The number of nitrogens with zero attached hydrogens (tertiary/aromatic N) is 3. The summed E-state index contributed by atoms with van der Waals surface area (Å²) in [6, 6.07) is 14.1. The maximum Gasteiger partial charge on any atom is 0.271 e. The smallest absolute Gasteiger partial charge is 0.258 e. The van der Waals surface area contributed by atoms with Crippen molar-refractivity contribution >= 4 is 16.6 Å². The van der Waals surface area contributed by atoms with Crippen LogP contribution in [0.5, 0.6) is 0 Å². The van der Waals surface area contributed by atoms with Crippen LogP contribution in [0.25, 0.3) is 16.6 Å². The predicted molar refractivity (Wildman–Crippen MR) is 67.7 cm³/mol. The Labute approximate surface area is 102 Å². The Balaban J connectivity index is 2.13. The standard InChI is InChI=1S/C13H9N3O2/c17-16(18)12-6-3-5-11(8-12)15-9-10-4-1-2-7-13(10)14-15/h1-9H. The molecule has 2 aromatic carbocycles. The van der Waals surface area contributed by atoms with Crippen molar-refractivity contribution in [1.29, 1.82) is 0 Å². The van der Waals surface area contributed by atoms with Crippen LogP contribution in [0.1, 0.15) is 0 Å². The first-order chi connectivity index (χ1) is 8.74. The van der Waals surface area contributed by atoms with Gasteiger partial charge in [0.15, 0.2) is 0 Å². The normalized spacial score (nSPS) is 10.7. The summed E-state index contributed by atoms with van der Waals surface area (Å²) in [4.78, 5) is 10.3. The number of aromatic nitrogens is 2. The van der Waals surface area contributed by atoms with Gasteiger partial charge in [-0.15, -0.1) is 0 Å². The molecular formula is C13H9N3O2. The molecule has 0 spiro atoms. The lowest BCUT2D eigenvalue weighted by Crippen LogP contribution is -1.95. The summed E-state index contributed by atoms with van der Waals surface area (Å²) in [6.45, 7) is 0. The molecule has 0 saturated carbocycles. The van der Waals surface area contributed by atoms with Gasteiger partial charge in [0, 0.05) is 23.7 Å². The molecule has 3 aromatic rings. The number of rotatable bonds is 2. The molecule has 18 heavy (non-hydrogen) atoms. The molecule has 0 N–H and O–H groups in total. The average molecular weight is 239 g/mol. The summed E-state index contributed by atoms with van der Waals surface area (Å²) >= 11 is 0. The van der Waals surface area contributed by atoms with Crippen molar-refractivity contribution in [3.63, 3.8) is 0 Å². The fourth-order valence-corrected chi connectivity index (χ4v) is 1.85. The van der Waals surface area contributed by atoms with Crippen LogP contribution in [0.15, 0.2) is 54.7 Å². The minimum absolute atomic E-state index is 0.0621. The molecule has 1 aromatic heterocycles. The maximum absolute atomic E-state index is 10.7. The second-order valence-electron chi connectivity index (χ2n) is 3.91. The molecule has 0 fully saturated rings. The summed E-state index contributed by atoms with van der Waals surface area (Å²) in [6.07, 6.45) is 1.86. The Hall–Kier alpha value is -2.69. The molecule has 0 aliphatic carbocycles. The van der Waals surface area contributed by atoms with E-state index in [4.69, 9.17) is 0 Å². The van der Waals surface area contributed by atoms with Gasteiger partial charge in [-0.1, -0.05) is 24.3 Å². The number of fused-ring (bicyclic) bond motifs is 1. The summed E-state index contributed by atoms with van der Waals surface area (Å²) < 4.78 is 1.65. The molecule has 88 valence electrons. The van der Waals surface area contributed by atoms with E-state index in [2.05, 4.69) is 5.10 Å². The molecule has 5 nitrogen and oxygen atoms in total. The molecule has 0 atom stereocenters. The number of hydrogen-bond donors (Lipinski definition) is 0. The molecule has 0 unspecified atom stereocenters. The highest BCUT2D eigenvalue weighted by Crippen LogP contribution is 2.19. The van der Waals surface area contributed by atoms with Gasteiger partial charge >= 0.3 is 0 Å². The van der Waals surface area contributed by atoms with Gasteiger partial charge in [-0.3, -0.25) is 10.1 Å². The van der Waals surface area contributed by atoms with Crippen molar-refractivity contribution in [1.82, 2.24) is 9.78 Å². The third-order valence-electron chi connectivity index (χ3n) is 2.72.